The Morgan fingerprint density at radius 2 is 1.86 bits per heavy atom. The van der Waals surface area contributed by atoms with Gasteiger partial charge in [-0.25, -0.2) is 0 Å². The molecule has 0 unspecified atom stereocenters. The number of hydrogen-bond donors (Lipinski definition) is 2. The van der Waals surface area contributed by atoms with Crippen molar-refractivity contribution in [1.29, 1.82) is 5.26 Å². The molecule has 0 bridgehead atoms. The number of carbonyl (C=O) groups is 1. The van der Waals surface area contributed by atoms with Gasteiger partial charge in [-0.3, -0.25) is 4.79 Å². The zero-order valence-electron chi connectivity index (χ0n) is 15.0. The molecule has 0 aliphatic rings. The largest absolute Gasteiger partial charge is 0.489 e. The molecule has 0 radical (unpaired) electrons. The summed E-state index contributed by atoms with van der Waals surface area (Å²) in [6.07, 6.45) is 0. The summed E-state index contributed by atoms with van der Waals surface area (Å²) >= 11 is 2.19. The molecule has 0 saturated heterocycles. The minimum atomic E-state index is -0.122. The first-order valence-electron chi connectivity index (χ1n) is 8.64. The van der Waals surface area contributed by atoms with E-state index in [9.17, 15) is 4.79 Å². The van der Waals surface area contributed by atoms with Gasteiger partial charge in [-0.2, -0.15) is 5.26 Å². The van der Waals surface area contributed by atoms with E-state index >= 15 is 0 Å². The van der Waals surface area contributed by atoms with Crippen molar-refractivity contribution in [1.82, 2.24) is 0 Å². The normalized spacial score (nSPS) is 10.0. The zero-order chi connectivity index (χ0) is 19.8. The van der Waals surface area contributed by atoms with E-state index in [4.69, 9.17) is 10.00 Å². The van der Waals surface area contributed by atoms with Crippen LogP contribution < -0.4 is 15.4 Å². The first kappa shape index (κ1) is 19.7. The maximum atomic E-state index is 12.2. The quantitative estimate of drug-likeness (QED) is 0.474. The van der Waals surface area contributed by atoms with E-state index in [-0.39, 0.29) is 12.5 Å². The van der Waals surface area contributed by atoms with Crippen LogP contribution in [0.15, 0.2) is 72.8 Å². The SMILES string of the molecule is N#Cc1cccc(COc2cccc(NCC(=O)Nc3ccccc3I)c2)c1. The Kier molecular flexibility index (Phi) is 6.87. The Morgan fingerprint density at radius 3 is 2.68 bits per heavy atom. The van der Waals surface area contributed by atoms with Gasteiger partial charge in [0.25, 0.3) is 0 Å². The molecule has 6 heteroatoms. The van der Waals surface area contributed by atoms with Crippen molar-refractivity contribution in [3.8, 4) is 11.8 Å². The zero-order valence-corrected chi connectivity index (χ0v) is 17.1. The maximum absolute atomic E-state index is 12.2. The number of nitriles is 1. The van der Waals surface area contributed by atoms with Crippen LogP contribution in [0.2, 0.25) is 0 Å². The van der Waals surface area contributed by atoms with Crippen LogP contribution in [-0.4, -0.2) is 12.5 Å². The molecule has 5 nitrogen and oxygen atoms in total. The maximum Gasteiger partial charge on any atom is 0.243 e. The third kappa shape index (κ3) is 5.72. The van der Waals surface area contributed by atoms with Gasteiger partial charge < -0.3 is 15.4 Å². The third-order valence-electron chi connectivity index (χ3n) is 3.90. The van der Waals surface area contributed by atoms with E-state index < -0.39 is 0 Å². The molecule has 3 aromatic carbocycles. The summed E-state index contributed by atoms with van der Waals surface area (Å²) in [6.45, 7) is 0.518. The van der Waals surface area contributed by atoms with Crippen molar-refractivity contribution in [2.45, 2.75) is 6.61 Å². The second-order valence-corrected chi connectivity index (χ2v) is 7.17. The number of amides is 1. The number of carbonyl (C=O) groups excluding carboxylic acids is 1. The van der Waals surface area contributed by atoms with Crippen molar-refractivity contribution < 1.29 is 9.53 Å². The number of nitrogens with one attached hydrogen (secondary N) is 2. The summed E-state index contributed by atoms with van der Waals surface area (Å²) in [6, 6.07) is 24.5. The summed E-state index contributed by atoms with van der Waals surface area (Å²) in [5.41, 5.74) is 3.12. The second-order valence-electron chi connectivity index (χ2n) is 6.01. The van der Waals surface area contributed by atoms with Crippen LogP contribution in [0, 0.1) is 14.9 Å². The number of halogens is 1. The molecule has 0 atom stereocenters. The Bertz CT molecular complexity index is 1010. The van der Waals surface area contributed by atoms with Crippen molar-refractivity contribution in [3.05, 3.63) is 87.5 Å². The van der Waals surface area contributed by atoms with Crippen LogP contribution in [0.5, 0.6) is 5.75 Å². The molecular formula is C22H18IN3O2. The van der Waals surface area contributed by atoms with Gasteiger partial charge in [-0.15, -0.1) is 0 Å². The number of nitrogens with zero attached hydrogens (tertiary/aromatic N) is 1. The van der Waals surface area contributed by atoms with Gasteiger partial charge in [0.2, 0.25) is 5.91 Å². The summed E-state index contributed by atoms with van der Waals surface area (Å²) < 4.78 is 6.79. The molecular weight excluding hydrogens is 465 g/mol. The smallest absolute Gasteiger partial charge is 0.243 e. The van der Waals surface area contributed by atoms with E-state index in [1.807, 2.05) is 60.7 Å². The van der Waals surface area contributed by atoms with Crippen molar-refractivity contribution in [2.24, 2.45) is 0 Å². The minimum absolute atomic E-state index is 0.122. The highest BCUT2D eigenvalue weighted by Gasteiger charge is 2.05. The van der Waals surface area contributed by atoms with E-state index in [1.165, 1.54) is 0 Å². The second kappa shape index (κ2) is 9.76. The average molecular weight is 483 g/mol. The first-order chi connectivity index (χ1) is 13.6. The number of para-hydroxylation sites is 1. The van der Waals surface area contributed by atoms with Gasteiger partial charge in [0.15, 0.2) is 0 Å². The lowest BCUT2D eigenvalue weighted by atomic mass is 10.1. The fourth-order valence-corrected chi connectivity index (χ4v) is 3.05. The molecule has 0 spiro atoms. The lowest BCUT2D eigenvalue weighted by Crippen LogP contribution is -2.22. The van der Waals surface area contributed by atoms with Crippen molar-refractivity contribution in [2.75, 3.05) is 17.2 Å². The average Bonchev–Trinajstić information content (AvgIpc) is 2.73. The number of anilines is 2. The fourth-order valence-electron chi connectivity index (χ4n) is 2.53. The lowest BCUT2D eigenvalue weighted by molar-refractivity contribution is -0.114. The Morgan fingerprint density at radius 1 is 1.04 bits per heavy atom. The molecule has 1 amide bonds. The molecule has 0 aliphatic heterocycles. The van der Waals surface area contributed by atoms with Gasteiger partial charge in [-0.05, 0) is 64.6 Å². The van der Waals surface area contributed by atoms with E-state index in [0.29, 0.717) is 17.9 Å². The van der Waals surface area contributed by atoms with E-state index in [2.05, 4.69) is 39.3 Å². The molecule has 0 aromatic heterocycles. The highest BCUT2D eigenvalue weighted by atomic mass is 127. The monoisotopic (exact) mass is 483 g/mol. The Hall–Kier alpha value is -3.05. The van der Waals surface area contributed by atoms with E-state index in [0.717, 1.165) is 20.5 Å². The van der Waals surface area contributed by atoms with Gasteiger partial charge in [0, 0.05) is 15.3 Å². The number of ether oxygens (including phenoxy) is 1. The number of rotatable bonds is 7. The number of hydrogen-bond acceptors (Lipinski definition) is 4. The molecule has 0 saturated carbocycles. The van der Waals surface area contributed by atoms with Crippen LogP contribution >= 0.6 is 22.6 Å². The van der Waals surface area contributed by atoms with Gasteiger partial charge in [0.05, 0.1) is 23.9 Å². The first-order valence-corrected chi connectivity index (χ1v) is 9.72. The molecule has 0 fully saturated rings. The van der Waals surface area contributed by atoms with Crippen LogP contribution in [-0.2, 0) is 11.4 Å². The van der Waals surface area contributed by atoms with Crippen molar-refractivity contribution in [3.63, 3.8) is 0 Å². The van der Waals surface area contributed by atoms with Crippen LogP contribution in [0.3, 0.4) is 0 Å². The predicted octanol–water partition coefficient (Wildman–Crippen LogP) is 4.79. The summed E-state index contributed by atoms with van der Waals surface area (Å²) in [5.74, 6) is 0.564. The standard InChI is InChI=1S/C22H18IN3O2/c23-20-9-1-2-10-21(20)26-22(27)14-25-18-7-4-8-19(12-18)28-15-17-6-3-5-16(11-17)13-24/h1-12,25H,14-15H2,(H,26,27). The molecule has 28 heavy (non-hydrogen) atoms. The Labute approximate surface area is 177 Å². The van der Waals surface area contributed by atoms with Gasteiger partial charge in [-0.1, -0.05) is 30.3 Å². The fraction of sp³-hybridized carbons (Fsp3) is 0.0909. The molecule has 0 aliphatic carbocycles. The van der Waals surface area contributed by atoms with E-state index in [1.54, 1.807) is 12.1 Å². The molecule has 3 rings (SSSR count). The summed E-state index contributed by atoms with van der Waals surface area (Å²) in [5, 5.41) is 15.0. The molecule has 0 heterocycles. The lowest BCUT2D eigenvalue weighted by Gasteiger charge is -2.11. The minimum Gasteiger partial charge on any atom is -0.489 e. The highest BCUT2D eigenvalue weighted by Crippen LogP contribution is 2.19. The number of benzene rings is 3. The molecule has 2 N–H and O–H groups in total. The predicted molar refractivity (Wildman–Crippen MR) is 118 cm³/mol. The van der Waals surface area contributed by atoms with Crippen LogP contribution in [0.1, 0.15) is 11.1 Å². The Balaban J connectivity index is 1.53. The molecule has 140 valence electrons. The van der Waals surface area contributed by atoms with Crippen molar-refractivity contribution >= 4 is 39.9 Å². The summed E-state index contributed by atoms with van der Waals surface area (Å²) in [4.78, 5) is 12.2. The topological polar surface area (TPSA) is 74.1 Å². The van der Waals surface area contributed by atoms with Gasteiger partial charge >= 0.3 is 0 Å². The summed E-state index contributed by atoms with van der Waals surface area (Å²) in [7, 11) is 0. The third-order valence-corrected chi connectivity index (χ3v) is 4.84. The van der Waals surface area contributed by atoms with Crippen LogP contribution in [0.4, 0.5) is 11.4 Å². The van der Waals surface area contributed by atoms with Crippen LogP contribution in [0.25, 0.3) is 0 Å². The van der Waals surface area contributed by atoms with Gasteiger partial charge in [0.1, 0.15) is 12.4 Å². The molecule has 3 aromatic rings. The highest BCUT2D eigenvalue weighted by molar-refractivity contribution is 14.1.